The van der Waals surface area contributed by atoms with Crippen molar-refractivity contribution in [3.63, 3.8) is 0 Å². The first-order chi connectivity index (χ1) is 65.4. The molecular formula is C109H101ClN10O16. The number of hydrogen-bond acceptors (Lipinski definition) is 20. The van der Waals surface area contributed by atoms with Gasteiger partial charge in [-0.15, -0.1) is 0 Å². The number of fused-ring (bicyclic) bond motifs is 6. The molecule has 3 aliphatic heterocycles. The maximum atomic E-state index is 13.9. The summed E-state index contributed by atoms with van der Waals surface area (Å²) >= 11 is 6.28. The fraction of sp³-hybridized carbons (Fsp3) is 0.156. The number of carbonyl (C=O) groups excluding carboxylic acids is 3. The van der Waals surface area contributed by atoms with Gasteiger partial charge in [0.1, 0.15) is 51.7 Å². The Morgan fingerprint density at radius 3 is 1.88 bits per heavy atom. The number of phenols is 5. The summed E-state index contributed by atoms with van der Waals surface area (Å²) in [5.41, 5.74) is 24.3. The van der Waals surface area contributed by atoms with Crippen molar-refractivity contribution in [3.8, 4) is 68.2 Å². The molecule has 0 saturated carbocycles. The van der Waals surface area contributed by atoms with Gasteiger partial charge in [-0.1, -0.05) is 171 Å². The molecule has 1 atom stereocenters. The van der Waals surface area contributed by atoms with E-state index in [0.29, 0.717) is 98.9 Å². The lowest BCUT2D eigenvalue weighted by Crippen LogP contribution is -2.42. The monoisotopic (exact) mass is 1840 g/mol. The Kier molecular flexibility index (Phi) is 30.0. The first kappa shape index (κ1) is 95.5. The number of anilines is 2. The van der Waals surface area contributed by atoms with Gasteiger partial charge in [-0.3, -0.25) is 23.7 Å². The van der Waals surface area contributed by atoms with E-state index in [1.165, 1.54) is 30.3 Å². The van der Waals surface area contributed by atoms with E-state index in [2.05, 4.69) is 38.2 Å². The van der Waals surface area contributed by atoms with Crippen LogP contribution in [0.4, 0.5) is 11.4 Å². The number of aromatic amines is 2. The van der Waals surface area contributed by atoms with Crippen LogP contribution in [0.1, 0.15) is 110 Å². The van der Waals surface area contributed by atoms with Gasteiger partial charge in [0.2, 0.25) is 5.75 Å². The van der Waals surface area contributed by atoms with Gasteiger partial charge in [0.25, 0.3) is 23.3 Å². The summed E-state index contributed by atoms with van der Waals surface area (Å²) in [5, 5.41) is 56.8. The summed E-state index contributed by atoms with van der Waals surface area (Å²) < 4.78 is 27.9. The Labute approximate surface area is 788 Å². The summed E-state index contributed by atoms with van der Waals surface area (Å²) in [6.07, 6.45) is 9.49. The van der Waals surface area contributed by atoms with Crippen molar-refractivity contribution in [2.45, 2.75) is 67.1 Å². The normalized spacial score (nSPS) is 12.9. The van der Waals surface area contributed by atoms with Gasteiger partial charge in [0.15, 0.2) is 11.3 Å². The fourth-order valence-electron chi connectivity index (χ4n) is 16.1. The van der Waals surface area contributed by atoms with Gasteiger partial charge in [0, 0.05) is 109 Å². The van der Waals surface area contributed by atoms with Gasteiger partial charge in [0.05, 0.1) is 72.5 Å². The van der Waals surface area contributed by atoms with Gasteiger partial charge in [-0.2, -0.15) is 0 Å². The van der Waals surface area contributed by atoms with E-state index in [1.807, 2.05) is 266 Å². The number of ether oxygens (including phenoxy) is 3. The van der Waals surface area contributed by atoms with Crippen molar-refractivity contribution in [2.24, 2.45) is 11.7 Å². The van der Waals surface area contributed by atoms with Crippen molar-refractivity contribution < 1.29 is 63.0 Å². The van der Waals surface area contributed by atoms with Crippen molar-refractivity contribution in [3.05, 3.63) is 394 Å². The van der Waals surface area contributed by atoms with Crippen molar-refractivity contribution in [1.29, 1.82) is 0 Å². The molecule has 5 aromatic heterocycles. The molecular weight excluding hydrogens is 1740 g/mol. The number of nitrogens with zero attached hydrogens (tertiary/aromatic N) is 5. The molecule has 136 heavy (non-hydrogen) atoms. The molecule has 8 heterocycles. The minimum absolute atomic E-state index is 0.00801. The predicted octanol–water partition coefficient (Wildman–Crippen LogP) is 20.5. The molecule has 0 aliphatic carbocycles. The number of hydrogen-bond donors (Lipinski definition) is 10. The molecule has 0 unspecified atom stereocenters. The van der Waals surface area contributed by atoms with Crippen LogP contribution < -0.4 is 47.4 Å². The van der Waals surface area contributed by atoms with Gasteiger partial charge in [-0.05, 0) is 209 Å². The lowest BCUT2D eigenvalue weighted by molar-refractivity contribution is -0.111. The first-order valence-electron chi connectivity index (χ1n) is 43.6. The van der Waals surface area contributed by atoms with E-state index in [4.69, 9.17) is 45.4 Å². The molecule has 0 saturated heterocycles. The second-order valence-electron chi connectivity index (χ2n) is 33.1. The lowest BCUT2D eigenvalue weighted by atomic mass is 9.91. The Hall–Kier alpha value is -16.6. The highest BCUT2D eigenvalue weighted by molar-refractivity contribution is 6.36. The number of para-hydroxylation sites is 1. The summed E-state index contributed by atoms with van der Waals surface area (Å²) in [6, 6.07) is 73.9. The molecule has 0 spiro atoms. The van der Waals surface area contributed by atoms with Crippen LogP contribution in [0.3, 0.4) is 0 Å². The number of rotatable bonds is 18. The van der Waals surface area contributed by atoms with Crippen molar-refractivity contribution >= 4 is 102 Å². The largest absolute Gasteiger partial charge is 0.508 e. The average molecular weight is 1840 g/mol. The molecule has 0 bridgehead atoms. The number of aryl methyl sites for hydroxylation is 3. The van der Waals surface area contributed by atoms with Crippen LogP contribution >= 0.6 is 11.6 Å². The third-order valence-corrected chi connectivity index (χ3v) is 22.9. The zero-order valence-corrected chi connectivity index (χ0v) is 77.1. The fourth-order valence-corrected chi connectivity index (χ4v) is 16.3. The number of benzene rings is 11. The Morgan fingerprint density at radius 1 is 0.618 bits per heavy atom. The maximum Gasteiger partial charge on any atom is 0.336 e. The summed E-state index contributed by atoms with van der Waals surface area (Å²) in [6.45, 7) is 17.8. The minimum atomic E-state index is -0.577. The van der Waals surface area contributed by atoms with E-state index in [0.717, 1.165) is 112 Å². The number of methoxy groups -OCH3 is 2. The zero-order valence-electron chi connectivity index (χ0n) is 76.4. The summed E-state index contributed by atoms with van der Waals surface area (Å²) in [5.74, 6) is 2.25. The number of imidazole rings is 1. The number of carbonyl (C=O) groups is 3. The molecule has 11 aromatic carbocycles. The van der Waals surface area contributed by atoms with Crippen molar-refractivity contribution in [1.82, 2.24) is 34.3 Å². The van der Waals surface area contributed by atoms with E-state index in [9.17, 15) is 54.3 Å². The molecule has 0 fully saturated rings. The minimum Gasteiger partial charge on any atom is -0.508 e. The second kappa shape index (κ2) is 42.8. The Balaban J connectivity index is 0.000000134. The molecule has 11 N–H and O–H groups in total. The number of H-pyrrole nitrogens is 2. The first-order valence-corrected chi connectivity index (χ1v) is 44.0. The van der Waals surface area contributed by atoms with Crippen LogP contribution in [0.25, 0.3) is 84.0 Å². The number of nitrogens with two attached hydrogens (primary N) is 1. The number of allylic oxidation sites excluding steroid dienone is 1. The average Bonchev–Trinajstić information content (AvgIpc) is 1.01. The SMILES string of the molecule is C=C1C=C(c2ccc(OC)cc2)c2cc(CN(C)C)c(O)c(C)c2O1.COc1ccc2c(c1)/C(=C/c1cnc[nH]1)C(=O)N2.Cc1cc(C)c(/C=C2\C(=O)Nc3ccccc32)[nH]1.Cc1ccc(C(=O)N(CCCN)[C@@H](c2nc3cc(Cl)ccc3c(=O)n2Cc2ccccc2)C(C)C)cc1.O=c1cc(-c2ccccc2)c2c(O)cc(O)cc2o1.O=c1cc(-c2ccccc2)c2ccc(O)c(O)c2o1. The predicted molar refractivity (Wildman–Crippen MR) is 534 cm³/mol. The molecule has 16 aromatic rings. The zero-order chi connectivity index (χ0) is 96.7. The van der Waals surface area contributed by atoms with E-state index >= 15 is 0 Å². The summed E-state index contributed by atoms with van der Waals surface area (Å²) in [4.78, 5) is 93.7. The van der Waals surface area contributed by atoms with Gasteiger partial charge in [-0.25, -0.2) is 19.6 Å². The van der Waals surface area contributed by atoms with Gasteiger partial charge < -0.3 is 84.7 Å². The van der Waals surface area contributed by atoms with Crippen LogP contribution in [0.5, 0.6) is 46.0 Å². The second-order valence-corrected chi connectivity index (χ2v) is 33.5. The molecule has 19 rings (SSSR count). The maximum absolute atomic E-state index is 13.9. The number of phenolic OH excluding ortho intramolecular Hbond substituents is 5. The van der Waals surface area contributed by atoms with Crippen LogP contribution in [-0.4, -0.2) is 119 Å². The van der Waals surface area contributed by atoms with Crippen molar-refractivity contribution in [2.75, 3.05) is 52.0 Å². The van der Waals surface area contributed by atoms with Crippen LogP contribution in [-0.2, 0) is 22.7 Å². The highest BCUT2D eigenvalue weighted by Gasteiger charge is 2.34. The molecule has 3 aliphatic rings. The lowest BCUT2D eigenvalue weighted by Gasteiger charge is -2.35. The van der Waals surface area contributed by atoms with Crippen LogP contribution in [0.15, 0.2) is 303 Å². The standard InChI is InChI=1S/C30H33ClN4O2.C21H23NO3.C15H14N2O.2C15H10O4.C13H11N3O2/c1-20(2)27(34(17-7-16-32)29(36)23-12-10-21(3)11-13-23)28-33-26-18-24(31)14-15-25(26)30(37)35(28)19-22-8-5-4-6-9-22;1-13-10-18(15-6-8-17(24-5)9-7-15)19-11-16(12-22(3)4)20(23)14(2)21(19)25-13;1-9-7-10(2)16-14(9)8-12-11-5-3-4-6-13(11)17-15(12)18;16-10-6-12(17)15-11(9-4-2-1-3-5-9)8-14(18)19-13(15)7-10;16-12-7-6-10-11(9-4-2-1-3-5-9)8-13(17)19-15(10)14(12)18;1-18-9-2-3-12-10(5-9)11(13(17)16-12)4-8-6-14-7-15-8/h4-6,8-15,18,20,27H,7,16-17,19,32H2,1-3H3;6-11,23H,1,12H2,2-5H3;3-8,16H,1-2H3,(H,17,18);1-8,16-17H;1-8,16,18H;2-7H,1H3,(H,14,15)(H,16,17)/b;;12-8-;;;11-4-/t27-;;;;;/m1...../s1. The molecule has 0 radical (unpaired) electrons. The van der Waals surface area contributed by atoms with Crippen LogP contribution in [0.2, 0.25) is 5.02 Å². The molecule has 27 heteroatoms. The Morgan fingerprint density at radius 2 is 1.24 bits per heavy atom. The van der Waals surface area contributed by atoms with E-state index in [-0.39, 0.29) is 63.4 Å². The Bertz CT molecular complexity index is 7430. The highest BCUT2D eigenvalue weighted by Crippen LogP contribution is 2.46. The number of aromatic nitrogens is 5. The quantitative estimate of drug-likeness (QED) is 0.0217. The highest BCUT2D eigenvalue weighted by atomic mass is 35.5. The molecule has 690 valence electrons. The molecule has 26 nitrogen and oxygen atoms in total. The number of halogens is 1. The van der Waals surface area contributed by atoms with Crippen LogP contribution in [0, 0.1) is 33.6 Å². The third kappa shape index (κ3) is 22.1. The van der Waals surface area contributed by atoms with Gasteiger partial charge >= 0.3 is 11.3 Å². The third-order valence-electron chi connectivity index (χ3n) is 22.7. The number of nitrogens with one attached hydrogen (secondary N) is 4. The summed E-state index contributed by atoms with van der Waals surface area (Å²) in [7, 11) is 7.21. The van der Waals surface area contributed by atoms with E-state index < -0.39 is 23.0 Å². The smallest absolute Gasteiger partial charge is 0.336 e. The topological polar surface area (TPSA) is 376 Å². The number of amides is 3. The van der Waals surface area contributed by atoms with E-state index in [1.54, 1.807) is 61.7 Å². The number of aromatic hydroxyl groups is 5. The molecule has 3 amide bonds.